The van der Waals surface area contributed by atoms with Crippen molar-refractivity contribution >= 4 is 29.2 Å². The lowest BCUT2D eigenvalue weighted by Gasteiger charge is -2.07. The molecule has 0 bridgehead atoms. The van der Waals surface area contributed by atoms with Crippen LogP contribution in [0, 0.1) is 0 Å². The zero-order valence-electron chi connectivity index (χ0n) is 10.1. The number of rotatable bonds is 3. The third kappa shape index (κ3) is 3.07. The van der Waals surface area contributed by atoms with Crippen molar-refractivity contribution in [2.45, 2.75) is 0 Å². The first-order chi connectivity index (χ1) is 9.47. The van der Waals surface area contributed by atoms with Crippen LogP contribution in [0.5, 0.6) is 5.75 Å². The molecule has 0 fully saturated rings. The molecule has 6 heteroatoms. The van der Waals surface area contributed by atoms with E-state index in [4.69, 9.17) is 16.7 Å². The summed E-state index contributed by atoms with van der Waals surface area (Å²) in [5.74, 6) is -1.70. The lowest BCUT2D eigenvalue weighted by atomic mass is 10.1. The molecule has 0 aliphatic rings. The Morgan fingerprint density at radius 1 is 1.10 bits per heavy atom. The largest absolute Gasteiger partial charge is 0.508 e. The van der Waals surface area contributed by atoms with Gasteiger partial charge in [-0.25, -0.2) is 4.79 Å². The molecule has 0 aliphatic heterocycles. The average molecular weight is 292 g/mol. The van der Waals surface area contributed by atoms with Crippen LogP contribution in [-0.4, -0.2) is 22.1 Å². The molecule has 0 heterocycles. The number of hydrogen-bond donors (Lipinski definition) is 3. The van der Waals surface area contributed by atoms with Gasteiger partial charge >= 0.3 is 5.97 Å². The standard InChI is InChI=1S/C14H10ClNO4/c15-12-5-4-10(17)7-11(12)13(18)16-9-3-1-2-8(6-9)14(19)20/h1-7,17H,(H,16,18)(H,19,20). The van der Waals surface area contributed by atoms with Crippen molar-refractivity contribution in [2.24, 2.45) is 0 Å². The number of hydrogen-bond acceptors (Lipinski definition) is 3. The van der Waals surface area contributed by atoms with Gasteiger partial charge < -0.3 is 15.5 Å². The molecule has 5 nitrogen and oxygen atoms in total. The first kappa shape index (κ1) is 13.9. The molecule has 20 heavy (non-hydrogen) atoms. The smallest absolute Gasteiger partial charge is 0.335 e. The minimum absolute atomic E-state index is 0.0600. The van der Waals surface area contributed by atoms with Crippen LogP contribution in [0.25, 0.3) is 0 Å². The number of benzene rings is 2. The maximum absolute atomic E-state index is 12.0. The van der Waals surface area contributed by atoms with Crippen molar-refractivity contribution in [3.05, 3.63) is 58.6 Å². The Balaban J connectivity index is 2.25. The second-order valence-corrected chi connectivity index (χ2v) is 4.41. The molecule has 1 amide bonds. The van der Waals surface area contributed by atoms with E-state index in [1.54, 1.807) is 6.07 Å². The molecule has 0 radical (unpaired) electrons. The lowest BCUT2D eigenvalue weighted by Crippen LogP contribution is -2.12. The number of carbonyl (C=O) groups excluding carboxylic acids is 1. The van der Waals surface area contributed by atoms with Gasteiger partial charge in [0.2, 0.25) is 0 Å². The number of aromatic carboxylic acids is 1. The number of halogens is 1. The normalized spacial score (nSPS) is 10.1. The van der Waals surface area contributed by atoms with Crippen LogP contribution in [0.15, 0.2) is 42.5 Å². The monoisotopic (exact) mass is 291 g/mol. The van der Waals surface area contributed by atoms with E-state index < -0.39 is 11.9 Å². The van der Waals surface area contributed by atoms with Crippen molar-refractivity contribution in [1.82, 2.24) is 0 Å². The number of phenols is 1. The number of amides is 1. The quantitative estimate of drug-likeness (QED) is 0.811. The summed E-state index contributed by atoms with van der Waals surface area (Å²) in [5, 5.41) is 20.9. The molecule has 2 aromatic carbocycles. The predicted octanol–water partition coefficient (Wildman–Crippen LogP) is 3.00. The molecule has 0 saturated carbocycles. The van der Waals surface area contributed by atoms with Gasteiger partial charge in [-0.1, -0.05) is 17.7 Å². The summed E-state index contributed by atoms with van der Waals surface area (Å²) in [6, 6.07) is 9.82. The first-order valence-electron chi connectivity index (χ1n) is 5.60. The fourth-order valence-electron chi connectivity index (χ4n) is 1.62. The van der Waals surface area contributed by atoms with E-state index >= 15 is 0 Å². The summed E-state index contributed by atoms with van der Waals surface area (Å²) in [6.45, 7) is 0. The molecule has 2 rings (SSSR count). The number of aromatic hydroxyl groups is 1. The highest BCUT2D eigenvalue weighted by Crippen LogP contribution is 2.22. The van der Waals surface area contributed by atoms with Crippen LogP contribution in [0.3, 0.4) is 0 Å². The molecule has 0 spiro atoms. The van der Waals surface area contributed by atoms with Crippen molar-refractivity contribution in [3.63, 3.8) is 0 Å². The molecule has 0 saturated heterocycles. The van der Waals surface area contributed by atoms with Gasteiger partial charge in [-0.05, 0) is 36.4 Å². The fourth-order valence-corrected chi connectivity index (χ4v) is 1.82. The number of carboxylic acids is 1. The average Bonchev–Trinajstić information content (AvgIpc) is 2.41. The summed E-state index contributed by atoms with van der Waals surface area (Å²) in [7, 11) is 0. The number of carbonyl (C=O) groups is 2. The SMILES string of the molecule is O=C(O)c1cccc(NC(=O)c2cc(O)ccc2Cl)c1. The first-order valence-corrected chi connectivity index (χ1v) is 5.98. The molecule has 0 aliphatic carbocycles. The highest BCUT2D eigenvalue weighted by atomic mass is 35.5. The zero-order valence-corrected chi connectivity index (χ0v) is 10.9. The Morgan fingerprint density at radius 2 is 1.85 bits per heavy atom. The molecule has 0 atom stereocenters. The van der Waals surface area contributed by atoms with E-state index in [2.05, 4.69) is 5.32 Å². The highest BCUT2D eigenvalue weighted by molar-refractivity contribution is 6.34. The van der Waals surface area contributed by atoms with E-state index in [0.29, 0.717) is 5.69 Å². The van der Waals surface area contributed by atoms with Crippen molar-refractivity contribution in [1.29, 1.82) is 0 Å². The number of phenolic OH excluding ortho intramolecular Hbond substituents is 1. The highest BCUT2D eigenvalue weighted by Gasteiger charge is 2.12. The van der Waals surface area contributed by atoms with Gasteiger partial charge in [0.15, 0.2) is 0 Å². The molecule has 0 aromatic heterocycles. The van der Waals surface area contributed by atoms with E-state index in [1.165, 1.54) is 36.4 Å². The maximum Gasteiger partial charge on any atom is 0.335 e. The number of carboxylic acid groups (broad SMARTS) is 1. The summed E-state index contributed by atoms with van der Waals surface area (Å²) in [5.41, 5.74) is 0.492. The topological polar surface area (TPSA) is 86.6 Å². The molecule has 2 aromatic rings. The van der Waals surface area contributed by atoms with E-state index in [0.717, 1.165) is 0 Å². The molecule has 3 N–H and O–H groups in total. The summed E-state index contributed by atoms with van der Waals surface area (Å²) < 4.78 is 0. The van der Waals surface area contributed by atoms with Gasteiger partial charge in [-0.15, -0.1) is 0 Å². The summed E-state index contributed by atoms with van der Waals surface area (Å²) in [6.07, 6.45) is 0. The van der Waals surface area contributed by atoms with Gasteiger partial charge in [0.1, 0.15) is 5.75 Å². The van der Waals surface area contributed by atoms with Gasteiger partial charge in [-0.2, -0.15) is 0 Å². The van der Waals surface area contributed by atoms with Crippen LogP contribution < -0.4 is 5.32 Å². The summed E-state index contributed by atoms with van der Waals surface area (Å²) in [4.78, 5) is 22.9. The van der Waals surface area contributed by atoms with Crippen LogP contribution in [0.4, 0.5) is 5.69 Å². The minimum Gasteiger partial charge on any atom is -0.508 e. The third-order valence-electron chi connectivity index (χ3n) is 2.56. The maximum atomic E-state index is 12.0. The number of nitrogens with one attached hydrogen (secondary N) is 1. The molecular formula is C14H10ClNO4. The van der Waals surface area contributed by atoms with Crippen LogP contribution >= 0.6 is 11.6 Å². The zero-order chi connectivity index (χ0) is 14.7. The Labute approximate surface area is 119 Å². The van der Waals surface area contributed by atoms with E-state index in [-0.39, 0.29) is 21.9 Å². The minimum atomic E-state index is -1.09. The molecular weight excluding hydrogens is 282 g/mol. The number of anilines is 1. The lowest BCUT2D eigenvalue weighted by molar-refractivity contribution is 0.0696. The second-order valence-electron chi connectivity index (χ2n) is 4.00. The van der Waals surface area contributed by atoms with Crippen molar-refractivity contribution < 1.29 is 19.8 Å². The van der Waals surface area contributed by atoms with Crippen molar-refractivity contribution in [2.75, 3.05) is 5.32 Å². The fraction of sp³-hybridized carbons (Fsp3) is 0. The van der Waals surface area contributed by atoms with Gasteiger partial charge in [0.25, 0.3) is 5.91 Å². The van der Waals surface area contributed by atoms with Crippen LogP contribution in [0.2, 0.25) is 5.02 Å². The molecule has 0 unspecified atom stereocenters. The van der Waals surface area contributed by atoms with Crippen molar-refractivity contribution in [3.8, 4) is 5.75 Å². The Kier molecular flexibility index (Phi) is 3.91. The van der Waals surface area contributed by atoms with Gasteiger partial charge in [0, 0.05) is 5.69 Å². The van der Waals surface area contributed by atoms with E-state index in [9.17, 15) is 14.7 Å². The van der Waals surface area contributed by atoms with Crippen LogP contribution in [-0.2, 0) is 0 Å². The predicted molar refractivity (Wildman–Crippen MR) is 74.5 cm³/mol. The Morgan fingerprint density at radius 3 is 2.55 bits per heavy atom. The van der Waals surface area contributed by atoms with Gasteiger partial charge in [-0.3, -0.25) is 4.79 Å². The summed E-state index contributed by atoms with van der Waals surface area (Å²) >= 11 is 5.87. The van der Waals surface area contributed by atoms with Crippen LogP contribution in [0.1, 0.15) is 20.7 Å². The second kappa shape index (κ2) is 5.63. The Hall–Kier alpha value is -2.53. The van der Waals surface area contributed by atoms with E-state index in [1.807, 2.05) is 0 Å². The Bertz CT molecular complexity index is 685. The third-order valence-corrected chi connectivity index (χ3v) is 2.89. The van der Waals surface area contributed by atoms with Gasteiger partial charge in [0.05, 0.1) is 16.1 Å². The molecule has 102 valence electrons.